The summed E-state index contributed by atoms with van der Waals surface area (Å²) >= 11 is 0. The molecule has 4 aliphatic carbocycles. The van der Waals surface area contributed by atoms with Crippen molar-refractivity contribution in [2.45, 2.75) is 21.7 Å². The van der Waals surface area contributed by atoms with Crippen molar-refractivity contribution in [2.75, 3.05) is 0 Å². The predicted octanol–water partition coefficient (Wildman–Crippen LogP) is 18.7. The van der Waals surface area contributed by atoms with Gasteiger partial charge >= 0.3 is 0 Å². The van der Waals surface area contributed by atoms with E-state index in [1.807, 2.05) is 0 Å². The molecule has 0 saturated heterocycles. The minimum atomic E-state index is -0.710. The van der Waals surface area contributed by atoms with Crippen LogP contribution in [0.5, 0.6) is 0 Å². The Kier molecular flexibility index (Phi) is 8.76. The lowest BCUT2D eigenvalue weighted by Crippen LogP contribution is -2.35. The highest BCUT2D eigenvalue weighted by atomic mass is 14.6. The van der Waals surface area contributed by atoms with Crippen LogP contribution in [0.2, 0.25) is 0 Å². The van der Waals surface area contributed by atoms with Gasteiger partial charge in [-0.05, 0) is 168 Å². The van der Waals surface area contributed by atoms with Crippen molar-refractivity contribution in [2.24, 2.45) is 0 Å². The molecule has 0 aliphatic heterocycles. The van der Waals surface area contributed by atoms with Crippen LogP contribution in [-0.4, -0.2) is 0 Å². The molecule has 0 aromatic heterocycles. The van der Waals surface area contributed by atoms with E-state index in [9.17, 15) is 0 Å². The van der Waals surface area contributed by atoms with Crippen molar-refractivity contribution in [3.8, 4) is 22.3 Å². The summed E-state index contributed by atoms with van der Waals surface area (Å²) in [6.45, 7) is 0. The lowest BCUT2D eigenvalue weighted by Gasteiger charge is -2.44. The molecular formula is C80H50. The number of benzene rings is 14. The van der Waals surface area contributed by atoms with Crippen molar-refractivity contribution in [3.05, 3.63) is 392 Å². The summed E-state index contributed by atoms with van der Waals surface area (Å²) in [5.74, 6) is 0. The van der Waals surface area contributed by atoms with Crippen LogP contribution in [0.15, 0.2) is 303 Å². The number of rotatable bonds is 8. The molecular weight excluding hydrogens is 961 g/mol. The molecule has 0 saturated carbocycles. The van der Waals surface area contributed by atoms with Crippen LogP contribution in [0.3, 0.4) is 0 Å². The van der Waals surface area contributed by atoms with E-state index in [0.717, 1.165) is 0 Å². The lowest BCUT2D eigenvalue weighted by molar-refractivity contribution is 0.743. The molecule has 18 rings (SSSR count). The molecule has 4 aliphatic rings. The van der Waals surface area contributed by atoms with E-state index < -0.39 is 21.7 Å². The van der Waals surface area contributed by atoms with Gasteiger partial charge in [0.1, 0.15) is 0 Å². The molecule has 0 unspecified atom stereocenters. The van der Waals surface area contributed by atoms with E-state index in [4.69, 9.17) is 0 Å². The summed E-state index contributed by atoms with van der Waals surface area (Å²) in [5.41, 5.74) is 23.5. The Bertz CT molecular complexity index is 4350. The molecule has 0 N–H and O–H groups in total. The second-order valence-corrected chi connectivity index (χ2v) is 22.8. The minimum Gasteiger partial charge on any atom is -0.0622 e. The average molecular weight is 1010 g/mol. The quantitative estimate of drug-likeness (QED) is 0.133. The van der Waals surface area contributed by atoms with Crippen LogP contribution in [-0.2, 0) is 21.7 Å². The highest BCUT2D eigenvalue weighted by Crippen LogP contribution is 2.71. The average Bonchev–Trinajstić information content (AvgIpc) is 3.52. The first-order chi connectivity index (χ1) is 39.7. The fourth-order valence-corrected chi connectivity index (χ4v) is 17.0. The van der Waals surface area contributed by atoms with Gasteiger partial charge in [0.2, 0.25) is 0 Å². The van der Waals surface area contributed by atoms with Crippen molar-refractivity contribution < 1.29 is 0 Å². The van der Waals surface area contributed by atoms with Gasteiger partial charge in [0.25, 0.3) is 0 Å². The fraction of sp³-hybridized carbons (Fsp3) is 0.0500. The summed E-state index contributed by atoms with van der Waals surface area (Å²) in [6, 6.07) is 117. The summed E-state index contributed by atoms with van der Waals surface area (Å²) in [6.07, 6.45) is 0. The lowest BCUT2D eigenvalue weighted by atomic mass is 9.57. The molecule has 0 bridgehead atoms. The maximum atomic E-state index is 2.69. The summed E-state index contributed by atoms with van der Waals surface area (Å²) < 4.78 is 0. The fourth-order valence-electron chi connectivity index (χ4n) is 17.0. The van der Waals surface area contributed by atoms with Crippen LogP contribution in [0.25, 0.3) is 54.6 Å². The highest BCUT2D eigenvalue weighted by Gasteiger charge is 2.58. The monoisotopic (exact) mass is 1010 g/mol. The Labute approximate surface area is 465 Å². The van der Waals surface area contributed by atoms with E-state index in [2.05, 4.69) is 303 Å². The molecule has 14 aromatic carbocycles. The van der Waals surface area contributed by atoms with Crippen LogP contribution in [0, 0.1) is 0 Å². The van der Waals surface area contributed by atoms with E-state index in [-0.39, 0.29) is 0 Å². The number of hydrogen-bond donors (Lipinski definition) is 0. The normalized spacial score (nSPS) is 15.7. The first-order valence-electron chi connectivity index (χ1n) is 28.3. The van der Waals surface area contributed by atoms with Crippen LogP contribution in [0.1, 0.15) is 89.0 Å². The minimum absolute atomic E-state index is 0.644. The molecule has 0 heterocycles. The zero-order chi connectivity index (χ0) is 52.4. The molecule has 0 atom stereocenters. The Morgan fingerprint density at radius 1 is 0.150 bits per heavy atom. The Morgan fingerprint density at radius 3 is 0.575 bits per heavy atom. The van der Waals surface area contributed by atoms with Crippen LogP contribution < -0.4 is 0 Å². The SMILES string of the molecule is c1ccc(C2(c3ccccc3)c3cccc4c3-c3c2cc2cc5c6c7c(cc8cc(c3c2c86)C4(c2ccccc2)c2ccccc2)C(c2ccccc2)(c2ccccc2)c2cccc(c2-7)C5(c2ccccc2)c2ccccc2)cc1. The summed E-state index contributed by atoms with van der Waals surface area (Å²) in [4.78, 5) is 0. The van der Waals surface area contributed by atoms with Crippen molar-refractivity contribution in [1.82, 2.24) is 0 Å². The zero-order valence-corrected chi connectivity index (χ0v) is 43.9. The topological polar surface area (TPSA) is 0 Å². The first kappa shape index (κ1) is 44.1. The van der Waals surface area contributed by atoms with Gasteiger partial charge in [-0.25, -0.2) is 0 Å². The van der Waals surface area contributed by atoms with E-state index in [1.165, 1.54) is 144 Å². The number of hydrogen-bond acceptors (Lipinski definition) is 0. The van der Waals surface area contributed by atoms with Gasteiger partial charge in [-0.2, -0.15) is 0 Å². The largest absolute Gasteiger partial charge is 0.0714 e. The third-order valence-corrected chi connectivity index (χ3v) is 19.6. The maximum absolute atomic E-state index is 2.69. The first-order valence-corrected chi connectivity index (χ1v) is 28.3. The van der Waals surface area contributed by atoms with Gasteiger partial charge in [-0.15, -0.1) is 0 Å². The van der Waals surface area contributed by atoms with Crippen molar-refractivity contribution in [1.29, 1.82) is 0 Å². The van der Waals surface area contributed by atoms with Crippen LogP contribution >= 0.6 is 0 Å². The molecule has 0 spiro atoms. The zero-order valence-electron chi connectivity index (χ0n) is 43.9. The van der Waals surface area contributed by atoms with Gasteiger partial charge in [-0.1, -0.05) is 279 Å². The van der Waals surface area contributed by atoms with Gasteiger partial charge in [0.15, 0.2) is 0 Å². The molecule has 0 fully saturated rings. The second-order valence-electron chi connectivity index (χ2n) is 22.8. The Morgan fingerprint density at radius 2 is 0.350 bits per heavy atom. The van der Waals surface area contributed by atoms with Gasteiger partial charge in [-0.3, -0.25) is 0 Å². The van der Waals surface area contributed by atoms with E-state index in [0.29, 0.717) is 0 Å². The molecule has 370 valence electrons. The standard InChI is InChI=1S/C80H50/c1-9-27-53(28-10-1)77(54-29-11-2-12-30-54)61-43-25-45-63-71(61)75-67(79(63,57-35-17-5-18-36-57)58-37-19-6-20-38-58)50-52-48-66-74-70-51(47-65(77)73(75)69(52)70)49-68-76(74)72-62(78(66,55-31-13-3-14-32-55)56-33-15-4-16-34-56)44-26-46-64(72)80(68,59-39-21-7-22-40-59)60-41-23-8-24-42-60/h1-50H. The highest BCUT2D eigenvalue weighted by molar-refractivity contribution is 6.33. The second kappa shape index (κ2) is 15.9. The molecule has 0 radical (unpaired) electrons. The Balaban J connectivity index is 1.15. The van der Waals surface area contributed by atoms with Crippen molar-refractivity contribution >= 4 is 32.3 Å². The Hall–Kier alpha value is -9.88. The smallest absolute Gasteiger partial charge is 0.0622 e. The maximum Gasteiger partial charge on any atom is 0.0714 e. The van der Waals surface area contributed by atoms with Gasteiger partial charge in [0.05, 0.1) is 21.7 Å². The summed E-state index contributed by atoms with van der Waals surface area (Å²) in [5, 5.41) is 7.94. The van der Waals surface area contributed by atoms with Crippen molar-refractivity contribution in [3.63, 3.8) is 0 Å². The molecule has 80 heavy (non-hydrogen) atoms. The molecule has 0 nitrogen and oxygen atoms in total. The van der Waals surface area contributed by atoms with Crippen LogP contribution in [0.4, 0.5) is 0 Å². The molecule has 0 heteroatoms. The molecule has 0 amide bonds. The summed E-state index contributed by atoms with van der Waals surface area (Å²) in [7, 11) is 0. The van der Waals surface area contributed by atoms with Gasteiger partial charge in [0, 0.05) is 0 Å². The third kappa shape index (κ3) is 5.07. The van der Waals surface area contributed by atoms with E-state index in [1.54, 1.807) is 0 Å². The van der Waals surface area contributed by atoms with Gasteiger partial charge < -0.3 is 0 Å². The molecule has 14 aromatic rings. The third-order valence-electron chi connectivity index (χ3n) is 19.6. The van der Waals surface area contributed by atoms with E-state index >= 15 is 0 Å². The predicted molar refractivity (Wildman–Crippen MR) is 328 cm³/mol.